The lowest BCUT2D eigenvalue weighted by atomic mass is 9.94. The highest BCUT2D eigenvalue weighted by Gasteiger charge is 2.15. The largest absolute Gasteiger partial charge is 0.392 e. The molecule has 5 nitrogen and oxygen atoms in total. The molecule has 0 saturated heterocycles. The summed E-state index contributed by atoms with van der Waals surface area (Å²) in [6.07, 6.45) is 0. The van der Waals surface area contributed by atoms with E-state index in [0.717, 1.165) is 11.1 Å². The molecule has 2 N–H and O–H groups in total. The molecule has 0 radical (unpaired) electrons. The van der Waals surface area contributed by atoms with Gasteiger partial charge in [0.2, 0.25) is 0 Å². The summed E-state index contributed by atoms with van der Waals surface area (Å²) < 4.78 is 0. The van der Waals surface area contributed by atoms with Crippen LogP contribution in [-0.2, 0) is 6.61 Å². The summed E-state index contributed by atoms with van der Waals surface area (Å²) in [4.78, 5) is 10.8. The van der Waals surface area contributed by atoms with E-state index in [2.05, 4.69) is 16.6 Å². The minimum atomic E-state index is -0.121. The summed E-state index contributed by atoms with van der Waals surface area (Å²) in [6, 6.07) is 12.6. The number of hydrogen-bond acceptors (Lipinski definition) is 5. The summed E-state index contributed by atoms with van der Waals surface area (Å²) in [5.74, 6) is 0. The van der Waals surface area contributed by atoms with Gasteiger partial charge in [0.25, 0.3) is 0 Å². The standard InChI is InChI=1S/C15H13N3O2/c1-17-15-13(8-16)12(6-7-14(15)18-20)11-5-3-2-4-10(11)9-19/h2-7,17,19H,9H2,1H3. The van der Waals surface area contributed by atoms with Crippen molar-refractivity contribution in [3.8, 4) is 17.2 Å². The van der Waals surface area contributed by atoms with Gasteiger partial charge in [0.15, 0.2) is 0 Å². The predicted octanol–water partition coefficient (Wildman–Crippen LogP) is 3.16. The topological polar surface area (TPSA) is 85.5 Å². The fraction of sp³-hybridized carbons (Fsp3) is 0.133. The van der Waals surface area contributed by atoms with E-state index in [9.17, 15) is 15.3 Å². The average Bonchev–Trinajstić information content (AvgIpc) is 2.53. The normalized spacial score (nSPS) is 9.85. The second-order valence-corrected chi connectivity index (χ2v) is 4.15. The van der Waals surface area contributed by atoms with Crippen LogP contribution < -0.4 is 5.32 Å². The van der Waals surface area contributed by atoms with Crippen molar-refractivity contribution in [2.24, 2.45) is 5.18 Å². The first-order valence-electron chi connectivity index (χ1n) is 6.04. The van der Waals surface area contributed by atoms with Crippen LogP contribution in [0.1, 0.15) is 11.1 Å². The third-order valence-electron chi connectivity index (χ3n) is 3.12. The van der Waals surface area contributed by atoms with Gasteiger partial charge < -0.3 is 10.4 Å². The van der Waals surface area contributed by atoms with E-state index in [4.69, 9.17) is 0 Å². The average molecular weight is 267 g/mol. The molecule has 20 heavy (non-hydrogen) atoms. The van der Waals surface area contributed by atoms with Gasteiger partial charge in [-0.15, -0.1) is 4.91 Å². The zero-order chi connectivity index (χ0) is 14.5. The van der Waals surface area contributed by atoms with Crippen LogP contribution in [-0.4, -0.2) is 12.2 Å². The van der Waals surface area contributed by atoms with Crippen LogP contribution in [0.3, 0.4) is 0 Å². The molecule has 100 valence electrons. The van der Waals surface area contributed by atoms with Gasteiger partial charge in [0.1, 0.15) is 11.8 Å². The molecule has 0 amide bonds. The zero-order valence-corrected chi connectivity index (χ0v) is 10.9. The lowest BCUT2D eigenvalue weighted by Crippen LogP contribution is -1.97. The smallest absolute Gasteiger partial charge is 0.132 e. The van der Waals surface area contributed by atoms with E-state index >= 15 is 0 Å². The second-order valence-electron chi connectivity index (χ2n) is 4.15. The Morgan fingerprint density at radius 3 is 2.60 bits per heavy atom. The van der Waals surface area contributed by atoms with E-state index in [-0.39, 0.29) is 12.3 Å². The molecule has 0 aliphatic rings. The van der Waals surface area contributed by atoms with Crippen LogP contribution in [0.5, 0.6) is 0 Å². The molecule has 0 unspecified atom stereocenters. The minimum Gasteiger partial charge on any atom is -0.392 e. The number of nitroso groups, excluding NO2 is 1. The molecule has 0 atom stereocenters. The van der Waals surface area contributed by atoms with E-state index in [1.165, 1.54) is 0 Å². The van der Waals surface area contributed by atoms with Gasteiger partial charge >= 0.3 is 0 Å². The number of anilines is 1. The van der Waals surface area contributed by atoms with E-state index in [0.29, 0.717) is 16.8 Å². The van der Waals surface area contributed by atoms with Crippen LogP contribution in [0.15, 0.2) is 41.6 Å². The maximum absolute atomic E-state index is 10.8. The highest BCUT2D eigenvalue weighted by molar-refractivity contribution is 5.85. The summed E-state index contributed by atoms with van der Waals surface area (Å²) in [6.45, 7) is -0.121. The predicted molar refractivity (Wildman–Crippen MR) is 77.5 cm³/mol. The van der Waals surface area contributed by atoms with Gasteiger partial charge in [-0.1, -0.05) is 30.3 Å². The number of aliphatic hydroxyl groups is 1. The molecule has 0 fully saturated rings. The lowest BCUT2D eigenvalue weighted by molar-refractivity contribution is 0.282. The highest BCUT2D eigenvalue weighted by Crippen LogP contribution is 2.36. The molecule has 0 bridgehead atoms. The SMILES string of the molecule is CNc1c(N=O)ccc(-c2ccccc2CO)c1C#N. The van der Waals surface area contributed by atoms with Gasteiger partial charge in [-0.3, -0.25) is 0 Å². The Labute approximate surface area is 116 Å². The molecule has 2 rings (SSSR count). The van der Waals surface area contributed by atoms with Crippen molar-refractivity contribution < 1.29 is 5.11 Å². The number of benzene rings is 2. The first-order chi connectivity index (χ1) is 9.76. The summed E-state index contributed by atoms with van der Waals surface area (Å²) in [5, 5.41) is 24.5. The van der Waals surface area contributed by atoms with Crippen molar-refractivity contribution in [1.29, 1.82) is 5.26 Å². The number of rotatable bonds is 4. The third-order valence-corrected chi connectivity index (χ3v) is 3.12. The Kier molecular flexibility index (Phi) is 4.08. The number of hydrogen-bond donors (Lipinski definition) is 2. The molecular formula is C15H13N3O2. The Morgan fingerprint density at radius 2 is 2.00 bits per heavy atom. The van der Waals surface area contributed by atoms with Gasteiger partial charge in [-0.05, 0) is 22.4 Å². The van der Waals surface area contributed by atoms with Crippen LogP contribution in [0.4, 0.5) is 11.4 Å². The molecule has 0 spiro atoms. The third kappa shape index (κ3) is 2.25. The fourth-order valence-corrected chi connectivity index (χ4v) is 2.18. The minimum absolute atomic E-state index is 0.121. The number of nitriles is 1. The van der Waals surface area contributed by atoms with Crippen molar-refractivity contribution >= 4 is 11.4 Å². The van der Waals surface area contributed by atoms with Crippen molar-refractivity contribution in [3.05, 3.63) is 52.4 Å². The number of nitrogens with one attached hydrogen (secondary N) is 1. The Bertz CT molecular complexity index is 690. The maximum atomic E-state index is 10.8. The molecule has 0 aliphatic carbocycles. The van der Waals surface area contributed by atoms with Crippen LogP contribution in [0.2, 0.25) is 0 Å². The fourth-order valence-electron chi connectivity index (χ4n) is 2.18. The number of aliphatic hydroxyl groups excluding tert-OH is 1. The number of nitrogens with zero attached hydrogens (tertiary/aromatic N) is 2. The van der Waals surface area contributed by atoms with E-state index < -0.39 is 0 Å². The zero-order valence-electron chi connectivity index (χ0n) is 10.9. The van der Waals surface area contributed by atoms with Crippen molar-refractivity contribution in [2.75, 3.05) is 12.4 Å². The molecule has 0 aromatic heterocycles. The van der Waals surface area contributed by atoms with Crippen LogP contribution in [0.25, 0.3) is 11.1 Å². The van der Waals surface area contributed by atoms with E-state index in [1.807, 2.05) is 18.2 Å². The summed E-state index contributed by atoms with van der Waals surface area (Å²) in [7, 11) is 1.63. The Balaban J connectivity index is 2.75. The van der Waals surface area contributed by atoms with Gasteiger partial charge in [0.05, 0.1) is 17.9 Å². The quantitative estimate of drug-likeness (QED) is 0.833. The monoisotopic (exact) mass is 267 g/mol. The Morgan fingerprint density at radius 1 is 1.25 bits per heavy atom. The van der Waals surface area contributed by atoms with Crippen molar-refractivity contribution in [3.63, 3.8) is 0 Å². The summed E-state index contributed by atoms with van der Waals surface area (Å²) >= 11 is 0. The van der Waals surface area contributed by atoms with Gasteiger partial charge in [-0.25, -0.2) is 0 Å². The molecule has 2 aromatic carbocycles. The summed E-state index contributed by atoms with van der Waals surface area (Å²) in [5.41, 5.74) is 3.07. The highest BCUT2D eigenvalue weighted by atomic mass is 16.3. The van der Waals surface area contributed by atoms with Crippen LogP contribution >= 0.6 is 0 Å². The molecule has 0 aliphatic heterocycles. The van der Waals surface area contributed by atoms with Crippen LogP contribution in [0, 0.1) is 16.2 Å². The lowest BCUT2D eigenvalue weighted by Gasteiger charge is -2.13. The second kappa shape index (κ2) is 5.95. The molecule has 0 heterocycles. The van der Waals surface area contributed by atoms with Crippen molar-refractivity contribution in [1.82, 2.24) is 0 Å². The van der Waals surface area contributed by atoms with Gasteiger partial charge in [0, 0.05) is 12.6 Å². The molecule has 5 heteroatoms. The van der Waals surface area contributed by atoms with Gasteiger partial charge in [-0.2, -0.15) is 5.26 Å². The Hall–Kier alpha value is -2.71. The molecule has 2 aromatic rings. The molecular weight excluding hydrogens is 254 g/mol. The maximum Gasteiger partial charge on any atom is 0.132 e. The molecule has 0 saturated carbocycles. The first-order valence-corrected chi connectivity index (χ1v) is 6.04. The van der Waals surface area contributed by atoms with Crippen molar-refractivity contribution in [2.45, 2.75) is 6.61 Å². The first kappa shape index (κ1) is 13.7. The van der Waals surface area contributed by atoms with E-state index in [1.54, 1.807) is 25.2 Å².